The second-order valence-corrected chi connectivity index (χ2v) is 6.90. The van der Waals surface area contributed by atoms with E-state index in [1.165, 1.54) is 7.11 Å². The van der Waals surface area contributed by atoms with Crippen LogP contribution in [0.25, 0.3) is 0 Å². The van der Waals surface area contributed by atoms with E-state index in [0.29, 0.717) is 5.75 Å². The van der Waals surface area contributed by atoms with Gasteiger partial charge in [0.25, 0.3) is 0 Å². The third-order valence-corrected chi connectivity index (χ3v) is 4.96. The van der Waals surface area contributed by atoms with E-state index in [0.717, 1.165) is 12.0 Å². The molecule has 0 fully saturated rings. The molecule has 2 aromatic carbocycles. The van der Waals surface area contributed by atoms with Crippen molar-refractivity contribution < 1.29 is 13.2 Å². The van der Waals surface area contributed by atoms with Crippen LogP contribution in [0.5, 0.6) is 5.75 Å². The molecule has 0 unspecified atom stereocenters. The van der Waals surface area contributed by atoms with Crippen LogP contribution < -0.4 is 10.5 Å². The third-order valence-electron chi connectivity index (χ3n) is 3.15. The summed E-state index contributed by atoms with van der Waals surface area (Å²) in [4.78, 5) is 0.424. The predicted octanol–water partition coefficient (Wildman–Crippen LogP) is 2.42. The zero-order valence-corrected chi connectivity index (χ0v) is 12.9. The minimum Gasteiger partial charge on any atom is -0.495 e. The van der Waals surface area contributed by atoms with Crippen LogP contribution >= 0.6 is 0 Å². The van der Waals surface area contributed by atoms with Crippen LogP contribution in [-0.4, -0.2) is 21.6 Å². The molecule has 2 rings (SSSR count). The maximum Gasteiger partial charge on any atom is 0.210 e. The monoisotopic (exact) mass is 305 g/mol. The summed E-state index contributed by atoms with van der Waals surface area (Å²) in [6, 6.07) is 13.5. The fraction of sp³-hybridized carbons (Fsp3) is 0.250. The Bertz CT molecular complexity index is 707. The number of sulfone groups is 1. The van der Waals surface area contributed by atoms with Gasteiger partial charge < -0.3 is 10.5 Å². The Morgan fingerprint density at radius 2 is 1.71 bits per heavy atom. The fourth-order valence-electron chi connectivity index (χ4n) is 2.14. The van der Waals surface area contributed by atoms with Crippen molar-refractivity contribution in [3.63, 3.8) is 0 Å². The number of methoxy groups -OCH3 is 1. The molecule has 0 aliphatic heterocycles. The number of para-hydroxylation sites is 1. The zero-order valence-electron chi connectivity index (χ0n) is 12.1. The van der Waals surface area contributed by atoms with Gasteiger partial charge in [0, 0.05) is 6.04 Å². The molecule has 21 heavy (non-hydrogen) atoms. The van der Waals surface area contributed by atoms with Crippen LogP contribution in [0, 0.1) is 0 Å². The number of hydrogen-bond donors (Lipinski definition) is 1. The van der Waals surface area contributed by atoms with E-state index in [4.69, 9.17) is 10.5 Å². The van der Waals surface area contributed by atoms with Crippen molar-refractivity contribution in [2.75, 3.05) is 7.11 Å². The van der Waals surface area contributed by atoms with Gasteiger partial charge in [-0.1, -0.05) is 24.3 Å². The highest BCUT2D eigenvalue weighted by atomic mass is 32.2. The highest BCUT2D eigenvalue weighted by molar-refractivity contribution is 7.91. The van der Waals surface area contributed by atoms with Crippen LogP contribution in [0.2, 0.25) is 0 Å². The highest BCUT2D eigenvalue weighted by Gasteiger charge is 2.21. The van der Waals surface area contributed by atoms with Crippen molar-refractivity contribution >= 4 is 9.84 Å². The Labute approximate surface area is 125 Å². The average Bonchev–Trinajstić information content (AvgIpc) is 2.47. The molecular formula is C16H19NO3S. The molecule has 0 radical (unpaired) electrons. The van der Waals surface area contributed by atoms with Gasteiger partial charge >= 0.3 is 0 Å². The predicted molar refractivity (Wildman–Crippen MR) is 82.2 cm³/mol. The molecule has 0 saturated heterocycles. The summed E-state index contributed by atoms with van der Waals surface area (Å²) >= 11 is 0. The molecule has 4 nitrogen and oxygen atoms in total. The quantitative estimate of drug-likeness (QED) is 0.921. The first-order valence-corrected chi connectivity index (χ1v) is 8.16. The molecule has 0 aromatic heterocycles. The largest absolute Gasteiger partial charge is 0.495 e. The van der Waals surface area contributed by atoms with Crippen molar-refractivity contribution in [1.82, 2.24) is 0 Å². The summed E-state index contributed by atoms with van der Waals surface area (Å²) in [5.41, 5.74) is 6.76. The maximum atomic E-state index is 12.6. The van der Waals surface area contributed by atoms with Gasteiger partial charge in [0.2, 0.25) is 9.84 Å². The molecule has 2 aromatic rings. The maximum absolute atomic E-state index is 12.6. The molecule has 0 saturated carbocycles. The first-order chi connectivity index (χ1) is 9.95. The van der Waals surface area contributed by atoms with E-state index in [-0.39, 0.29) is 15.8 Å². The Morgan fingerprint density at radius 3 is 2.29 bits per heavy atom. The van der Waals surface area contributed by atoms with Gasteiger partial charge in [-0.3, -0.25) is 0 Å². The summed E-state index contributed by atoms with van der Waals surface area (Å²) in [5, 5.41) is 0. The lowest BCUT2D eigenvalue weighted by Crippen LogP contribution is -2.17. The second-order valence-electron chi connectivity index (χ2n) is 4.98. The molecule has 0 aliphatic carbocycles. The summed E-state index contributed by atoms with van der Waals surface area (Å²) < 4.78 is 30.4. The minimum absolute atomic E-state index is 0.0432. The summed E-state index contributed by atoms with van der Waals surface area (Å²) in [6.07, 6.45) is 0.717. The molecule has 0 heterocycles. The van der Waals surface area contributed by atoms with Gasteiger partial charge in [-0.2, -0.15) is 0 Å². The molecule has 1 atom stereocenters. The fourth-order valence-corrected chi connectivity index (χ4v) is 3.57. The van der Waals surface area contributed by atoms with Crippen LogP contribution in [-0.2, 0) is 16.3 Å². The van der Waals surface area contributed by atoms with Crippen molar-refractivity contribution in [2.45, 2.75) is 29.2 Å². The van der Waals surface area contributed by atoms with Gasteiger partial charge in [0.1, 0.15) is 10.6 Å². The van der Waals surface area contributed by atoms with E-state index in [9.17, 15) is 8.42 Å². The van der Waals surface area contributed by atoms with Gasteiger partial charge in [0.05, 0.1) is 12.0 Å². The van der Waals surface area contributed by atoms with Crippen molar-refractivity contribution in [3.8, 4) is 5.75 Å². The smallest absolute Gasteiger partial charge is 0.210 e. The Balaban J connectivity index is 2.40. The topological polar surface area (TPSA) is 69.4 Å². The minimum atomic E-state index is -3.58. The highest BCUT2D eigenvalue weighted by Crippen LogP contribution is 2.29. The molecule has 0 aliphatic rings. The Kier molecular flexibility index (Phi) is 4.65. The summed E-state index contributed by atoms with van der Waals surface area (Å²) in [6.45, 7) is 1.92. The molecule has 2 N–H and O–H groups in total. The molecule has 112 valence electrons. The Hall–Kier alpha value is -1.85. The lowest BCUT2D eigenvalue weighted by molar-refractivity contribution is 0.402. The SMILES string of the molecule is COc1ccccc1S(=O)(=O)c1ccc(C[C@@H](C)N)cc1. The van der Waals surface area contributed by atoms with Crippen molar-refractivity contribution in [2.24, 2.45) is 5.73 Å². The van der Waals surface area contributed by atoms with E-state index in [1.54, 1.807) is 48.5 Å². The Morgan fingerprint density at radius 1 is 1.10 bits per heavy atom. The lowest BCUT2D eigenvalue weighted by atomic mass is 10.1. The van der Waals surface area contributed by atoms with Gasteiger partial charge in [-0.15, -0.1) is 0 Å². The van der Waals surface area contributed by atoms with Gasteiger partial charge in [-0.05, 0) is 43.2 Å². The molecule has 5 heteroatoms. The van der Waals surface area contributed by atoms with E-state index < -0.39 is 9.84 Å². The number of hydrogen-bond acceptors (Lipinski definition) is 4. The van der Waals surface area contributed by atoms with E-state index >= 15 is 0 Å². The molecular weight excluding hydrogens is 286 g/mol. The van der Waals surface area contributed by atoms with E-state index in [1.807, 2.05) is 6.92 Å². The van der Waals surface area contributed by atoms with Gasteiger partial charge in [0.15, 0.2) is 0 Å². The van der Waals surface area contributed by atoms with Crippen molar-refractivity contribution in [3.05, 3.63) is 54.1 Å². The average molecular weight is 305 g/mol. The summed E-state index contributed by atoms with van der Waals surface area (Å²) in [5.74, 6) is 0.345. The lowest BCUT2D eigenvalue weighted by Gasteiger charge is -2.10. The third kappa shape index (κ3) is 3.43. The summed E-state index contributed by atoms with van der Waals surface area (Å²) in [7, 11) is -2.12. The van der Waals surface area contributed by atoms with Crippen LogP contribution in [0.1, 0.15) is 12.5 Å². The first-order valence-electron chi connectivity index (χ1n) is 6.68. The van der Waals surface area contributed by atoms with E-state index in [2.05, 4.69) is 0 Å². The molecule has 0 amide bonds. The van der Waals surface area contributed by atoms with Crippen LogP contribution in [0.15, 0.2) is 58.3 Å². The van der Waals surface area contributed by atoms with Crippen LogP contribution in [0.4, 0.5) is 0 Å². The second kappa shape index (κ2) is 6.28. The molecule has 0 spiro atoms. The number of benzene rings is 2. The first kappa shape index (κ1) is 15.5. The van der Waals surface area contributed by atoms with Gasteiger partial charge in [-0.25, -0.2) is 8.42 Å². The molecule has 0 bridgehead atoms. The normalized spacial score (nSPS) is 12.9. The number of nitrogens with two attached hydrogens (primary N) is 1. The number of rotatable bonds is 5. The zero-order chi connectivity index (χ0) is 15.5. The standard InChI is InChI=1S/C16H19NO3S/c1-12(17)11-13-7-9-14(10-8-13)21(18,19)16-6-4-3-5-15(16)20-2/h3-10,12H,11,17H2,1-2H3/t12-/m1/s1. The van der Waals surface area contributed by atoms with Crippen molar-refractivity contribution in [1.29, 1.82) is 0 Å². The van der Waals surface area contributed by atoms with Crippen LogP contribution in [0.3, 0.4) is 0 Å². The number of ether oxygens (including phenoxy) is 1.